The van der Waals surface area contributed by atoms with Crippen molar-refractivity contribution in [3.63, 3.8) is 0 Å². The third kappa shape index (κ3) is 5.88. The lowest BCUT2D eigenvalue weighted by Gasteiger charge is -2.30. The third-order valence-electron chi connectivity index (χ3n) is 5.24. The molecule has 13 heteroatoms. The maximum absolute atomic E-state index is 14.1. The average Bonchev–Trinajstić information content (AvgIpc) is 2.78. The first-order chi connectivity index (χ1) is 16.0. The Morgan fingerprint density at radius 2 is 1.74 bits per heavy atom. The second-order valence-electron chi connectivity index (χ2n) is 7.68. The minimum atomic E-state index is -5.46. The number of nitrogens with zero attached hydrogens (tertiary/aromatic N) is 2. The molecule has 2 N–H and O–H groups in total. The van der Waals surface area contributed by atoms with Crippen LogP contribution in [0.2, 0.25) is 0 Å². The quantitative estimate of drug-likeness (QED) is 0.363. The molecule has 0 radical (unpaired) electrons. The zero-order chi connectivity index (χ0) is 25.0. The Hall–Kier alpha value is -3.51. The molecule has 1 amide bonds. The third-order valence-corrected chi connectivity index (χ3v) is 5.24. The standard InChI is InChI=1S/C21H21F5N4O4/c1-10-9-27-20(30-18(10)33-2)29-12-5-3-11(4-6-12)28-17(31)13-7-8-14(22)15(23)16(13)34-19(32)21(24,25)26/h7-9,11-12H,3-6H2,1-2H3,(H,28,31)(H,27,29,30). The van der Waals surface area contributed by atoms with E-state index in [0.717, 1.165) is 11.6 Å². The molecule has 3 rings (SSSR count). The van der Waals surface area contributed by atoms with Gasteiger partial charge in [-0.3, -0.25) is 4.79 Å². The van der Waals surface area contributed by atoms with Gasteiger partial charge < -0.3 is 20.1 Å². The van der Waals surface area contributed by atoms with E-state index in [-0.39, 0.29) is 6.04 Å². The summed E-state index contributed by atoms with van der Waals surface area (Å²) in [7, 11) is 1.50. The molecule has 8 nitrogen and oxygen atoms in total. The van der Waals surface area contributed by atoms with E-state index in [0.29, 0.717) is 43.6 Å². The van der Waals surface area contributed by atoms with Gasteiger partial charge in [0.25, 0.3) is 5.91 Å². The second-order valence-corrected chi connectivity index (χ2v) is 7.68. The molecule has 0 bridgehead atoms. The number of ether oxygens (including phenoxy) is 2. The number of esters is 1. The monoisotopic (exact) mass is 488 g/mol. The molecule has 184 valence electrons. The van der Waals surface area contributed by atoms with Gasteiger partial charge in [-0.25, -0.2) is 14.2 Å². The lowest BCUT2D eigenvalue weighted by atomic mass is 9.91. The summed E-state index contributed by atoms with van der Waals surface area (Å²) in [6.45, 7) is 1.80. The molecule has 2 aromatic rings. The van der Waals surface area contributed by atoms with Gasteiger partial charge >= 0.3 is 12.1 Å². The van der Waals surface area contributed by atoms with E-state index in [1.165, 1.54) is 7.11 Å². The van der Waals surface area contributed by atoms with Crippen LogP contribution in [0.15, 0.2) is 18.3 Å². The SMILES string of the molecule is COc1nc(NC2CCC(NC(=O)c3ccc(F)c(F)c3OC(=O)C(F)(F)F)CC2)ncc1C. The Balaban J connectivity index is 1.63. The van der Waals surface area contributed by atoms with Crippen LogP contribution in [0.25, 0.3) is 0 Å². The molecule has 1 heterocycles. The second kappa shape index (κ2) is 10.2. The molecule has 1 aromatic heterocycles. The summed E-state index contributed by atoms with van der Waals surface area (Å²) >= 11 is 0. The van der Waals surface area contributed by atoms with Crippen LogP contribution in [-0.4, -0.2) is 47.2 Å². The summed E-state index contributed by atoms with van der Waals surface area (Å²) < 4.78 is 74.2. The maximum Gasteiger partial charge on any atom is 0.491 e. The van der Waals surface area contributed by atoms with Crippen LogP contribution in [0, 0.1) is 18.6 Å². The average molecular weight is 488 g/mol. The predicted molar refractivity (Wildman–Crippen MR) is 109 cm³/mol. The van der Waals surface area contributed by atoms with E-state index in [2.05, 4.69) is 25.3 Å². The van der Waals surface area contributed by atoms with Gasteiger partial charge in [-0.2, -0.15) is 22.5 Å². The highest BCUT2D eigenvalue weighted by molar-refractivity contribution is 5.98. The maximum atomic E-state index is 14.1. The molecule has 1 fully saturated rings. The van der Waals surface area contributed by atoms with Gasteiger partial charge in [-0.15, -0.1) is 0 Å². The van der Waals surface area contributed by atoms with E-state index in [1.54, 1.807) is 13.1 Å². The van der Waals surface area contributed by atoms with E-state index in [4.69, 9.17) is 4.74 Å². The van der Waals surface area contributed by atoms with E-state index in [1.807, 2.05) is 0 Å². The number of carbonyl (C=O) groups excluding carboxylic acids is 2. The van der Waals surface area contributed by atoms with Gasteiger partial charge in [0.1, 0.15) is 0 Å². The highest BCUT2D eigenvalue weighted by atomic mass is 19.4. The van der Waals surface area contributed by atoms with Crippen molar-refractivity contribution in [3.05, 3.63) is 41.1 Å². The van der Waals surface area contributed by atoms with Crippen LogP contribution >= 0.6 is 0 Å². The van der Waals surface area contributed by atoms with Crippen LogP contribution < -0.4 is 20.1 Å². The van der Waals surface area contributed by atoms with Crippen LogP contribution in [0.1, 0.15) is 41.6 Å². The van der Waals surface area contributed by atoms with Gasteiger partial charge in [-0.05, 0) is 44.7 Å². The highest BCUT2D eigenvalue weighted by Crippen LogP contribution is 2.29. The number of nitrogens with one attached hydrogen (secondary N) is 2. The van der Waals surface area contributed by atoms with Gasteiger partial charge in [0.2, 0.25) is 17.6 Å². The topological polar surface area (TPSA) is 102 Å². The largest absolute Gasteiger partial charge is 0.491 e. The number of hydrogen-bond donors (Lipinski definition) is 2. The lowest BCUT2D eigenvalue weighted by molar-refractivity contribution is -0.189. The van der Waals surface area contributed by atoms with Gasteiger partial charge in [0.05, 0.1) is 12.7 Å². The number of aromatic nitrogens is 2. The number of benzene rings is 1. The molecule has 0 aliphatic heterocycles. The number of anilines is 1. The minimum Gasteiger partial charge on any atom is -0.481 e. The van der Waals surface area contributed by atoms with Crippen molar-refractivity contribution in [1.82, 2.24) is 15.3 Å². The summed E-state index contributed by atoms with van der Waals surface area (Å²) in [6.07, 6.45) is -1.69. The fraction of sp³-hybridized carbons (Fsp3) is 0.429. The molecule has 0 atom stereocenters. The van der Waals surface area contributed by atoms with Crippen molar-refractivity contribution in [2.45, 2.75) is 50.9 Å². The van der Waals surface area contributed by atoms with Gasteiger partial charge in [0, 0.05) is 23.8 Å². The fourth-order valence-electron chi connectivity index (χ4n) is 3.49. The molecule has 1 aromatic carbocycles. The summed E-state index contributed by atoms with van der Waals surface area (Å²) in [5, 5.41) is 5.74. The molecular weight excluding hydrogens is 467 g/mol. The molecule has 0 saturated heterocycles. The van der Waals surface area contributed by atoms with Crippen molar-refractivity contribution in [2.75, 3.05) is 12.4 Å². The Labute approximate surface area is 190 Å². The molecule has 1 saturated carbocycles. The zero-order valence-corrected chi connectivity index (χ0v) is 18.1. The van der Waals surface area contributed by atoms with Crippen molar-refractivity contribution in [2.24, 2.45) is 0 Å². The van der Waals surface area contributed by atoms with Crippen molar-refractivity contribution < 1.29 is 41.0 Å². The molecule has 0 spiro atoms. The van der Waals surface area contributed by atoms with Gasteiger partial charge in [-0.1, -0.05) is 0 Å². The number of amides is 1. The number of aryl methyl sites for hydroxylation is 1. The summed E-state index contributed by atoms with van der Waals surface area (Å²) in [5.74, 6) is -7.80. The summed E-state index contributed by atoms with van der Waals surface area (Å²) in [6, 6.07) is 0.916. The van der Waals surface area contributed by atoms with Crippen molar-refractivity contribution >= 4 is 17.8 Å². The number of carbonyl (C=O) groups is 2. The number of alkyl halides is 3. The van der Waals surface area contributed by atoms with E-state index < -0.39 is 47.0 Å². The summed E-state index contributed by atoms with van der Waals surface area (Å²) in [4.78, 5) is 32.1. The van der Waals surface area contributed by atoms with Gasteiger partial charge in [0.15, 0.2) is 11.6 Å². The van der Waals surface area contributed by atoms with Crippen LogP contribution in [0.5, 0.6) is 11.6 Å². The zero-order valence-electron chi connectivity index (χ0n) is 18.1. The van der Waals surface area contributed by atoms with Crippen LogP contribution in [0.3, 0.4) is 0 Å². The van der Waals surface area contributed by atoms with E-state index >= 15 is 0 Å². The van der Waals surface area contributed by atoms with Crippen LogP contribution in [0.4, 0.5) is 27.9 Å². The first-order valence-electron chi connectivity index (χ1n) is 10.2. The number of hydrogen-bond acceptors (Lipinski definition) is 7. The molecule has 0 unspecified atom stereocenters. The highest BCUT2D eigenvalue weighted by Gasteiger charge is 2.42. The van der Waals surface area contributed by atoms with E-state index in [9.17, 15) is 31.5 Å². The summed E-state index contributed by atoms with van der Waals surface area (Å²) in [5.41, 5.74) is 0.0499. The molecule has 34 heavy (non-hydrogen) atoms. The van der Waals surface area contributed by atoms with Crippen LogP contribution in [-0.2, 0) is 4.79 Å². The Morgan fingerprint density at radius 3 is 2.35 bits per heavy atom. The number of rotatable bonds is 6. The Bertz CT molecular complexity index is 1070. The Kier molecular flexibility index (Phi) is 7.52. The fourth-order valence-corrected chi connectivity index (χ4v) is 3.49. The first kappa shape index (κ1) is 25.1. The normalized spacial score (nSPS) is 18.2. The predicted octanol–water partition coefficient (Wildman–Crippen LogP) is 3.69. The molecule has 1 aliphatic rings. The first-order valence-corrected chi connectivity index (χ1v) is 10.2. The van der Waals surface area contributed by atoms with Crippen molar-refractivity contribution in [1.29, 1.82) is 0 Å². The Morgan fingerprint density at radius 1 is 1.09 bits per heavy atom. The lowest BCUT2D eigenvalue weighted by Crippen LogP contribution is -2.40. The molecular formula is C21H21F5N4O4. The molecule has 1 aliphatic carbocycles. The van der Waals surface area contributed by atoms with Crippen molar-refractivity contribution in [3.8, 4) is 11.6 Å². The number of methoxy groups -OCH3 is 1. The minimum absolute atomic E-state index is 0.00729. The number of halogens is 5. The smallest absolute Gasteiger partial charge is 0.481 e.